The molecule has 5 aliphatic rings. The molecule has 5 rings (SSSR count). The zero-order chi connectivity index (χ0) is 22.0. The SMILES string of the molecule is CO/C(C)=C1\C[C@@]2(OC1=O)[C@@H]1O[C@@H]1[C@@]1(O)[C@H]3C(=O)O[C@H]([C@H]3C(C)(C)O)[C@@H](OC)[C@]12C. The molecule has 0 unspecified atom stereocenters. The van der Waals surface area contributed by atoms with E-state index in [0.717, 1.165) is 0 Å². The standard InChI is InChI=1S/C21H28O9/c1-8(26-5)9-7-20(30-16(9)22)14-15(29-14)21(25)11-10(18(2,3)24)12(28-17(11)23)13(27-6)19(20,21)4/h10-15,24-25H,7H2,1-6H3/b9-8+/t10-,11+,12+,13+,14+,15-,19-,20+,21-/m0/s1. The molecule has 0 amide bonds. The van der Waals surface area contributed by atoms with Crippen molar-refractivity contribution in [2.45, 2.75) is 75.3 Å². The third kappa shape index (κ3) is 1.90. The molecule has 9 atom stereocenters. The van der Waals surface area contributed by atoms with Gasteiger partial charge in [-0.05, 0) is 20.8 Å². The zero-order valence-corrected chi connectivity index (χ0v) is 17.9. The summed E-state index contributed by atoms with van der Waals surface area (Å²) in [6.45, 7) is 6.64. The van der Waals surface area contributed by atoms with Crippen molar-refractivity contribution in [3.05, 3.63) is 11.3 Å². The molecule has 0 aromatic heterocycles. The van der Waals surface area contributed by atoms with E-state index >= 15 is 0 Å². The predicted octanol–water partition coefficient (Wildman–Crippen LogP) is 0.0682. The minimum Gasteiger partial charge on any atom is -0.501 e. The molecule has 30 heavy (non-hydrogen) atoms. The van der Waals surface area contributed by atoms with Crippen molar-refractivity contribution in [1.29, 1.82) is 0 Å². The third-order valence-electron chi connectivity index (χ3n) is 8.42. The van der Waals surface area contributed by atoms with Gasteiger partial charge in [-0.25, -0.2) is 4.79 Å². The average molecular weight is 424 g/mol. The number of esters is 2. The molecular weight excluding hydrogens is 396 g/mol. The Balaban J connectivity index is 1.72. The number of epoxide rings is 1. The summed E-state index contributed by atoms with van der Waals surface area (Å²) in [4.78, 5) is 25.8. The molecule has 0 radical (unpaired) electrons. The van der Waals surface area contributed by atoms with E-state index < -0.39 is 70.4 Å². The topological polar surface area (TPSA) is 124 Å². The van der Waals surface area contributed by atoms with Gasteiger partial charge in [0.25, 0.3) is 0 Å². The van der Waals surface area contributed by atoms with Crippen molar-refractivity contribution in [2.24, 2.45) is 17.3 Å². The zero-order valence-electron chi connectivity index (χ0n) is 17.9. The summed E-state index contributed by atoms with van der Waals surface area (Å²) >= 11 is 0. The third-order valence-corrected chi connectivity index (χ3v) is 8.42. The van der Waals surface area contributed by atoms with Crippen LogP contribution in [0.2, 0.25) is 0 Å². The molecule has 5 fully saturated rings. The van der Waals surface area contributed by atoms with Crippen LogP contribution in [0, 0.1) is 17.3 Å². The molecule has 2 bridgehead atoms. The van der Waals surface area contributed by atoms with Crippen LogP contribution in [0.15, 0.2) is 11.3 Å². The van der Waals surface area contributed by atoms with E-state index in [9.17, 15) is 19.8 Å². The lowest BCUT2D eigenvalue weighted by atomic mass is 9.49. The van der Waals surface area contributed by atoms with E-state index in [1.165, 1.54) is 14.2 Å². The van der Waals surface area contributed by atoms with Crippen LogP contribution in [-0.2, 0) is 33.3 Å². The first-order chi connectivity index (χ1) is 13.9. The number of carbonyl (C=O) groups is 2. The van der Waals surface area contributed by atoms with Crippen LogP contribution in [0.25, 0.3) is 0 Å². The summed E-state index contributed by atoms with van der Waals surface area (Å²) in [7, 11) is 2.94. The first kappa shape index (κ1) is 20.2. The summed E-state index contributed by atoms with van der Waals surface area (Å²) in [5.41, 5.74) is -5.15. The highest BCUT2D eigenvalue weighted by Crippen LogP contribution is 2.75. The summed E-state index contributed by atoms with van der Waals surface area (Å²) in [5.74, 6) is -2.44. The Morgan fingerprint density at radius 3 is 2.47 bits per heavy atom. The van der Waals surface area contributed by atoms with Crippen LogP contribution in [0.1, 0.15) is 34.1 Å². The molecule has 3 saturated heterocycles. The number of rotatable bonds is 3. The minimum atomic E-state index is -1.75. The Kier molecular flexibility index (Phi) is 3.75. The molecule has 2 N–H and O–H groups in total. The van der Waals surface area contributed by atoms with Gasteiger partial charge in [0.2, 0.25) is 0 Å². The van der Waals surface area contributed by atoms with E-state index in [-0.39, 0.29) is 6.42 Å². The van der Waals surface area contributed by atoms with Crippen LogP contribution in [-0.4, -0.2) is 77.6 Å². The summed E-state index contributed by atoms with van der Waals surface area (Å²) in [6.07, 6.45) is -2.80. The smallest absolute Gasteiger partial charge is 0.338 e. The second kappa shape index (κ2) is 5.56. The van der Waals surface area contributed by atoms with Crippen LogP contribution in [0.5, 0.6) is 0 Å². The van der Waals surface area contributed by atoms with Gasteiger partial charge in [0.05, 0.1) is 29.6 Å². The molecule has 2 aliphatic carbocycles. The molecule has 2 saturated carbocycles. The number of fused-ring (bicyclic) bond motifs is 8. The molecule has 9 heteroatoms. The Morgan fingerprint density at radius 1 is 1.23 bits per heavy atom. The molecule has 166 valence electrons. The fourth-order valence-corrected chi connectivity index (χ4v) is 6.97. The summed E-state index contributed by atoms with van der Waals surface area (Å²) in [5, 5.41) is 23.1. The lowest BCUT2D eigenvalue weighted by molar-refractivity contribution is -0.291. The predicted molar refractivity (Wildman–Crippen MR) is 98.8 cm³/mol. The van der Waals surface area contributed by atoms with Gasteiger partial charge in [0.15, 0.2) is 5.60 Å². The average Bonchev–Trinajstić information content (AvgIpc) is 3.26. The highest BCUT2D eigenvalue weighted by molar-refractivity contribution is 5.92. The maximum absolute atomic E-state index is 13.0. The minimum absolute atomic E-state index is 0.159. The normalized spacial score (nSPS) is 52.7. The second-order valence-electron chi connectivity index (χ2n) is 9.91. The van der Waals surface area contributed by atoms with Crippen molar-refractivity contribution in [3.8, 4) is 0 Å². The number of hydrogen-bond donors (Lipinski definition) is 2. The van der Waals surface area contributed by atoms with Crippen LogP contribution >= 0.6 is 0 Å². The molecule has 0 aromatic rings. The maximum atomic E-state index is 13.0. The number of allylic oxidation sites excluding steroid dienone is 1. The number of ether oxygens (including phenoxy) is 5. The number of methoxy groups -OCH3 is 2. The Hall–Kier alpha value is -1.68. The van der Waals surface area contributed by atoms with Crippen LogP contribution in [0.3, 0.4) is 0 Å². The number of aliphatic hydroxyl groups is 2. The Morgan fingerprint density at radius 2 is 1.90 bits per heavy atom. The van der Waals surface area contributed by atoms with Gasteiger partial charge in [0, 0.05) is 19.4 Å². The van der Waals surface area contributed by atoms with E-state index in [1.54, 1.807) is 27.7 Å². The van der Waals surface area contributed by atoms with E-state index in [2.05, 4.69) is 0 Å². The van der Waals surface area contributed by atoms with Gasteiger partial charge in [-0.1, -0.05) is 6.92 Å². The molecule has 0 aromatic carbocycles. The maximum Gasteiger partial charge on any atom is 0.338 e. The lowest BCUT2D eigenvalue weighted by Crippen LogP contribution is -2.74. The molecule has 1 spiro atoms. The van der Waals surface area contributed by atoms with Gasteiger partial charge in [-0.2, -0.15) is 0 Å². The lowest BCUT2D eigenvalue weighted by Gasteiger charge is -2.59. The quantitative estimate of drug-likeness (QED) is 0.280. The monoisotopic (exact) mass is 424 g/mol. The first-order valence-corrected chi connectivity index (χ1v) is 10.2. The molecule has 3 aliphatic heterocycles. The molecule has 9 nitrogen and oxygen atoms in total. The van der Waals surface area contributed by atoms with Crippen molar-refractivity contribution < 1.29 is 43.5 Å². The van der Waals surface area contributed by atoms with E-state index in [4.69, 9.17) is 23.7 Å². The second-order valence-corrected chi connectivity index (χ2v) is 9.91. The Bertz CT molecular complexity index is 874. The van der Waals surface area contributed by atoms with Crippen molar-refractivity contribution in [2.75, 3.05) is 14.2 Å². The van der Waals surface area contributed by atoms with Crippen molar-refractivity contribution in [3.63, 3.8) is 0 Å². The summed E-state index contributed by atoms with van der Waals surface area (Å²) in [6, 6.07) is 0. The van der Waals surface area contributed by atoms with Gasteiger partial charge in [-0.15, -0.1) is 0 Å². The molecule has 3 heterocycles. The Labute approximate surface area is 174 Å². The first-order valence-electron chi connectivity index (χ1n) is 10.2. The fourth-order valence-electron chi connectivity index (χ4n) is 6.97. The largest absolute Gasteiger partial charge is 0.501 e. The highest BCUT2D eigenvalue weighted by atomic mass is 16.7. The molecular formula is C21H28O9. The van der Waals surface area contributed by atoms with Crippen LogP contribution in [0.4, 0.5) is 0 Å². The van der Waals surface area contributed by atoms with Crippen LogP contribution < -0.4 is 0 Å². The van der Waals surface area contributed by atoms with Crippen molar-refractivity contribution in [1.82, 2.24) is 0 Å². The van der Waals surface area contributed by atoms with Crippen molar-refractivity contribution >= 4 is 11.9 Å². The van der Waals surface area contributed by atoms with Gasteiger partial charge in [-0.3, -0.25) is 4.79 Å². The highest BCUT2D eigenvalue weighted by Gasteiger charge is 2.93. The van der Waals surface area contributed by atoms with Gasteiger partial charge in [0.1, 0.15) is 35.8 Å². The summed E-state index contributed by atoms with van der Waals surface area (Å²) < 4.78 is 28.6. The van der Waals surface area contributed by atoms with Gasteiger partial charge >= 0.3 is 11.9 Å². The number of hydrogen-bond acceptors (Lipinski definition) is 9. The van der Waals surface area contributed by atoms with Gasteiger partial charge < -0.3 is 33.9 Å². The van der Waals surface area contributed by atoms with E-state index in [0.29, 0.717) is 11.3 Å². The number of carbonyl (C=O) groups excluding carboxylic acids is 2. The van der Waals surface area contributed by atoms with E-state index in [1.807, 2.05) is 0 Å². The fraction of sp³-hybridized carbons (Fsp3) is 0.810.